The van der Waals surface area contributed by atoms with Gasteiger partial charge in [0, 0.05) is 18.2 Å². The number of thioether (sulfide) groups is 1. The lowest BCUT2D eigenvalue weighted by molar-refractivity contribution is 0.166. The average Bonchev–Trinajstić information content (AvgIpc) is 2.88. The molecule has 1 aliphatic rings. The van der Waals surface area contributed by atoms with E-state index >= 15 is 0 Å². The van der Waals surface area contributed by atoms with Crippen molar-refractivity contribution in [3.05, 3.63) is 28.2 Å². The predicted molar refractivity (Wildman–Crippen MR) is 80.2 cm³/mol. The zero-order valence-corrected chi connectivity index (χ0v) is 12.6. The quantitative estimate of drug-likeness (QED) is 0.896. The highest BCUT2D eigenvalue weighted by Gasteiger charge is 2.26. The zero-order valence-electron chi connectivity index (χ0n) is 10.3. The second kappa shape index (κ2) is 6.90. The number of ether oxygens (including phenoxy) is 1. The predicted octanol–water partition coefficient (Wildman–Crippen LogP) is 3.71. The van der Waals surface area contributed by atoms with Crippen LogP contribution in [0.3, 0.4) is 0 Å². The third-order valence-electron chi connectivity index (χ3n) is 3.15. The molecule has 2 atom stereocenters. The van der Waals surface area contributed by atoms with E-state index < -0.39 is 0 Å². The Hall–Kier alpha value is -0.0900. The van der Waals surface area contributed by atoms with Gasteiger partial charge < -0.3 is 10.1 Å². The molecule has 1 aliphatic heterocycles. The first-order valence-electron chi connectivity index (χ1n) is 6.02. The molecule has 0 bridgehead atoms. The van der Waals surface area contributed by atoms with Crippen LogP contribution in [0.1, 0.15) is 6.42 Å². The SMILES string of the molecule is CSC[C@@H](Oc1cccc(Cl)c1Cl)[C@H]1CCNC1. The van der Waals surface area contributed by atoms with Crippen LogP contribution in [0.25, 0.3) is 0 Å². The number of hydrogen-bond donors (Lipinski definition) is 1. The van der Waals surface area contributed by atoms with Gasteiger partial charge >= 0.3 is 0 Å². The number of benzene rings is 1. The van der Waals surface area contributed by atoms with Crippen LogP contribution in [0.5, 0.6) is 5.75 Å². The lowest BCUT2D eigenvalue weighted by Crippen LogP contribution is -2.31. The number of hydrogen-bond acceptors (Lipinski definition) is 3. The van der Waals surface area contributed by atoms with E-state index in [0.717, 1.165) is 25.3 Å². The molecule has 1 aromatic carbocycles. The van der Waals surface area contributed by atoms with Crippen molar-refractivity contribution < 1.29 is 4.74 Å². The van der Waals surface area contributed by atoms with E-state index in [1.807, 2.05) is 12.1 Å². The van der Waals surface area contributed by atoms with Gasteiger partial charge in [0.2, 0.25) is 0 Å². The maximum atomic E-state index is 6.16. The summed E-state index contributed by atoms with van der Waals surface area (Å²) in [6.07, 6.45) is 3.44. The van der Waals surface area contributed by atoms with E-state index in [-0.39, 0.29) is 6.10 Å². The van der Waals surface area contributed by atoms with Crippen LogP contribution < -0.4 is 10.1 Å². The van der Waals surface area contributed by atoms with E-state index in [2.05, 4.69) is 11.6 Å². The fraction of sp³-hybridized carbons (Fsp3) is 0.538. The molecule has 2 nitrogen and oxygen atoms in total. The molecule has 1 fully saturated rings. The van der Waals surface area contributed by atoms with Crippen LogP contribution in [0.15, 0.2) is 18.2 Å². The number of rotatable bonds is 5. The maximum Gasteiger partial charge on any atom is 0.139 e. The zero-order chi connectivity index (χ0) is 13.0. The Morgan fingerprint density at radius 3 is 3.00 bits per heavy atom. The Morgan fingerprint density at radius 2 is 2.33 bits per heavy atom. The van der Waals surface area contributed by atoms with Crippen LogP contribution in [-0.2, 0) is 0 Å². The van der Waals surface area contributed by atoms with Gasteiger partial charge in [0.15, 0.2) is 0 Å². The molecule has 2 rings (SSSR count). The monoisotopic (exact) mass is 305 g/mol. The van der Waals surface area contributed by atoms with E-state index in [9.17, 15) is 0 Å². The highest BCUT2D eigenvalue weighted by molar-refractivity contribution is 7.98. The van der Waals surface area contributed by atoms with Crippen LogP contribution in [0.4, 0.5) is 0 Å². The van der Waals surface area contributed by atoms with Gasteiger partial charge in [0.1, 0.15) is 16.9 Å². The largest absolute Gasteiger partial charge is 0.488 e. The summed E-state index contributed by atoms with van der Waals surface area (Å²) < 4.78 is 6.07. The van der Waals surface area contributed by atoms with E-state index in [1.165, 1.54) is 0 Å². The molecule has 1 N–H and O–H groups in total. The van der Waals surface area contributed by atoms with Crippen LogP contribution in [-0.4, -0.2) is 31.2 Å². The van der Waals surface area contributed by atoms with Crippen molar-refractivity contribution in [2.75, 3.05) is 25.1 Å². The van der Waals surface area contributed by atoms with Crippen molar-refractivity contribution in [2.45, 2.75) is 12.5 Å². The highest BCUT2D eigenvalue weighted by Crippen LogP contribution is 2.33. The lowest BCUT2D eigenvalue weighted by atomic mass is 10.0. The molecule has 1 heterocycles. The van der Waals surface area contributed by atoms with Gasteiger partial charge in [-0.25, -0.2) is 0 Å². The lowest BCUT2D eigenvalue weighted by Gasteiger charge is -2.24. The Bertz CT molecular complexity index is 397. The molecule has 0 aliphatic carbocycles. The van der Waals surface area contributed by atoms with Crippen molar-refractivity contribution >= 4 is 35.0 Å². The van der Waals surface area contributed by atoms with E-state index in [4.69, 9.17) is 27.9 Å². The smallest absolute Gasteiger partial charge is 0.139 e. The third kappa shape index (κ3) is 3.47. The maximum absolute atomic E-state index is 6.16. The van der Waals surface area contributed by atoms with Gasteiger partial charge in [-0.2, -0.15) is 11.8 Å². The standard InChI is InChI=1S/C13H17Cl2NOS/c1-18-8-12(9-5-6-16-7-9)17-11-4-2-3-10(14)13(11)15/h2-4,9,12,16H,5-8H2,1H3/t9-,12+/m0/s1. The molecule has 0 aromatic heterocycles. The number of nitrogens with one attached hydrogen (secondary N) is 1. The summed E-state index contributed by atoms with van der Waals surface area (Å²) in [5.74, 6) is 2.21. The minimum Gasteiger partial charge on any atom is -0.488 e. The molecular formula is C13H17Cl2NOS. The second-order valence-corrected chi connectivity index (χ2v) is 6.11. The van der Waals surface area contributed by atoms with Gasteiger partial charge in [0.05, 0.1) is 5.02 Å². The van der Waals surface area contributed by atoms with Crippen molar-refractivity contribution in [1.29, 1.82) is 0 Å². The molecule has 18 heavy (non-hydrogen) atoms. The van der Waals surface area contributed by atoms with Crippen LogP contribution in [0.2, 0.25) is 10.0 Å². The normalized spacial score (nSPS) is 20.9. The highest BCUT2D eigenvalue weighted by atomic mass is 35.5. The van der Waals surface area contributed by atoms with Crippen molar-refractivity contribution in [3.63, 3.8) is 0 Å². The first-order chi connectivity index (χ1) is 8.72. The van der Waals surface area contributed by atoms with Gasteiger partial charge in [-0.15, -0.1) is 0 Å². The van der Waals surface area contributed by atoms with Crippen molar-refractivity contribution in [1.82, 2.24) is 5.32 Å². The topological polar surface area (TPSA) is 21.3 Å². The molecule has 0 amide bonds. The molecule has 0 radical (unpaired) electrons. The van der Waals surface area contributed by atoms with Gasteiger partial charge in [-0.05, 0) is 31.4 Å². The summed E-state index contributed by atoms with van der Waals surface area (Å²) in [6, 6.07) is 5.52. The Kier molecular flexibility index (Phi) is 5.49. The fourth-order valence-corrected chi connectivity index (χ4v) is 3.17. The molecule has 0 unspecified atom stereocenters. The molecule has 1 saturated heterocycles. The second-order valence-electron chi connectivity index (χ2n) is 4.42. The molecule has 1 aromatic rings. The van der Waals surface area contributed by atoms with Gasteiger partial charge in [-0.3, -0.25) is 0 Å². The first kappa shape index (κ1) is 14.3. The first-order valence-corrected chi connectivity index (χ1v) is 8.17. The van der Waals surface area contributed by atoms with Gasteiger partial charge in [0.25, 0.3) is 0 Å². The van der Waals surface area contributed by atoms with Gasteiger partial charge in [-0.1, -0.05) is 29.3 Å². The molecular weight excluding hydrogens is 289 g/mol. The minimum absolute atomic E-state index is 0.186. The summed E-state index contributed by atoms with van der Waals surface area (Å²) in [6.45, 7) is 2.09. The Labute approximate surface area is 122 Å². The molecule has 100 valence electrons. The van der Waals surface area contributed by atoms with E-state index in [0.29, 0.717) is 21.7 Å². The summed E-state index contributed by atoms with van der Waals surface area (Å²) in [7, 11) is 0. The molecule has 0 spiro atoms. The fourth-order valence-electron chi connectivity index (χ4n) is 2.16. The van der Waals surface area contributed by atoms with Crippen molar-refractivity contribution in [2.24, 2.45) is 5.92 Å². The van der Waals surface area contributed by atoms with Crippen molar-refractivity contribution in [3.8, 4) is 5.75 Å². The molecule has 5 heteroatoms. The molecule has 0 saturated carbocycles. The summed E-state index contributed by atoms with van der Waals surface area (Å²) in [5, 5.41) is 4.43. The van der Waals surface area contributed by atoms with Crippen LogP contribution in [0, 0.1) is 5.92 Å². The number of halogens is 2. The Morgan fingerprint density at radius 1 is 1.50 bits per heavy atom. The van der Waals surface area contributed by atoms with Crippen LogP contribution >= 0.6 is 35.0 Å². The minimum atomic E-state index is 0.186. The Balaban J connectivity index is 2.10. The summed E-state index contributed by atoms with van der Waals surface area (Å²) in [5.41, 5.74) is 0. The third-order valence-corrected chi connectivity index (χ3v) is 4.61. The summed E-state index contributed by atoms with van der Waals surface area (Å²) in [4.78, 5) is 0. The summed E-state index contributed by atoms with van der Waals surface area (Å²) >= 11 is 14.0. The van der Waals surface area contributed by atoms with E-state index in [1.54, 1.807) is 17.8 Å². The average molecular weight is 306 g/mol.